The Hall–Kier alpha value is -1.31. The van der Waals surface area contributed by atoms with E-state index in [1.165, 1.54) is 11.4 Å². The Kier molecular flexibility index (Phi) is 4.75. The van der Waals surface area contributed by atoms with E-state index in [0.29, 0.717) is 16.5 Å². The molecule has 1 aromatic rings. The quantitative estimate of drug-likeness (QED) is 0.860. The summed E-state index contributed by atoms with van der Waals surface area (Å²) < 4.78 is 29.7. The number of rotatable bonds is 6. The number of benzene rings is 1. The van der Waals surface area contributed by atoms with E-state index >= 15 is 0 Å². The van der Waals surface area contributed by atoms with Gasteiger partial charge in [-0.15, -0.1) is 0 Å². The standard InChI is InChI=1S/C13H17ClN2O4S/c1-20-12-6-3-9(14)7-11(12)15-13(17)8-16(10-4-5-10)21(2,18)19/h3,6-7,10H,4-5,8H2,1-2H3,(H,15,17). The van der Waals surface area contributed by atoms with Gasteiger partial charge in [-0.2, -0.15) is 4.31 Å². The van der Waals surface area contributed by atoms with Crippen LogP contribution >= 0.6 is 11.6 Å². The summed E-state index contributed by atoms with van der Waals surface area (Å²) in [5, 5.41) is 3.09. The van der Waals surface area contributed by atoms with E-state index in [-0.39, 0.29) is 12.6 Å². The van der Waals surface area contributed by atoms with Crippen molar-refractivity contribution in [3.05, 3.63) is 23.2 Å². The van der Waals surface area contributed by atoms with E-state index in [0.717, 1.165) is 19.1 Å². The molecular formula is C13H17ClN2O4S. The summed E-state index contributed by atoms with van der Waals surface area (Å²) in [5.41, 5.74) is 0.416. The van der Waals surface area contributed by atoms with Crippen molar-refractivity contribution in [2.45, 2.75) is 18.9 Å². The van der Waals surface area contributed by atoms with E-state index in [1.807, 2.05) is 0 Å². The molecule has 8 heteroatoms. The van der Waals surface area contributed by atoms with Crippen molar-refractivity contribution in [1.82, 2.24) is 4.31 Å². The van der Waals surface area contributed by atoms with Crippen molar-refractivity contribution in [2.24, 2.45) is 0 Å². The highest BCUT2D eigenvalue weighted by Crippen LogP contribution is 2.30. The first kappa shape index (κ1) is 16.1. The number of carbonyl (C=O) groups excluding carboxylic acids is 1. The van der Waals surface area contributed by atoms with Crippen LogP contribution < -0.4 is 10.1 Å². The average molecular weight is 333 g/mol. The second kappa shape index (κ2) is 6.21. The summed E-state index contributed by atoms with van der Waals surface area (Å²) in [5.74, 6) is 0.0398. The summed E-state index contributed by atoms with van der Waals surface area (Å²) in [6.45, 7) is -0.209. The molecule has 0 bridgehead atoms. The molecule has 116 valence electrons. The maximum absolute atomic E-state index is 12.1. The molecule has 6 nitrogen and oxygen atoms in total. The molecule has 0 saturated heterocycles. The smallest absolute Gasteiger partial charge is 0.239 e. The van der Waals surface area contributed by atoms with Crippen molar-refractivity contribution in [3.8, 4) is 5.75 Å². The number of halogens is 1. The summed E-state index contributed by atoms with van der Waals surface area (Å²) in [6.07, 6.45) is 2.69. The number of ether oxygens (including phenoxy) is 1. The number of carbonyl (C=O) groups is 1. The summed E-state index contributed by atoms with van der Waals surface area (Å²) in [4.78, 5) is 12.1. The third-order valence-electron chi connectivity index (χ3n) is 3.12. The highest BCUT2D eigenvalue weighted by molar-refractivity contribution is 7.88. The Morgan fingerprint density at radius 1 is 1.48 bits per heavy atom. The molecule has 0 atom stereocenters. The Balaban J connectivity index is 2.09. The molecule has 2 rings (SSSR count). The van der Waals surface area contributed by atoms with Crippen molar-refractivity contribution in [1.29, 1.82) is 0 Å². The van der Waals surface area contributed by atoms with Gasteiger partial charge in [0.05, 0.1) is 25.6 Å². The van der Waals surface area contributed by atoms with Crippen LogP contribution in [0.1, 0.15) is 12.8 Å². The largest absolute Gasteiger partial charge is 0.495 e. The lowest BCUT2D eigenvalue weighted by atomic mass is 10.3. The normalized spacial score (nSPS) is 15.0. The Labute approximate surface area is 129 Å². The first-order valence-corrected chi connectivity index (χ1v) is 8.64. The van der Waals surface area contributed by atoms with Crippen LogP contribution in [0.2, 0.25) is 5.02 Å². The van der Waals surface area contributed by atoms with Crippen LogP contribution in [0.15, 0.2) is 18.2 Å². The van der Waals surface area contributed by atoms with Gasteiger partial charge in [0.2, 0.25) is 15.9 Å². The van der Waals surface area contributed by atoms with E-state index in [4.69, 9.17) is 16.3 Å². The van der Waals surface area contributed by atoms with Gasteiger partial charge in [-0.1, -0.05) is 11.6 Å². The van der Waals surface area contributed by atoms with E-state index in [2.05, 4.69) is 5.32 Å². The van der Waals surface area contributed by atoms with E-state index < -0.39 is 15.9 Å². The second-order valence-electron chi connectivity index (χ2n) is 4.93. The molecule has 0 aliphatic heterocycles. The molecule has 1 fully saturated rings. The maximum atomic E-state index is 12.1. The van der Waals surface area contributed by atoms with Gasteiger partial charge in [-0.05, 0) is 31.0 Å². The van der Waals surface area contributed by atoms with Crippen molar-refractivity contribution >= 4 is 33.2 Å². The summed E-state index contributed by atoms with van der Waals surface area (Å²) >= 11 is 5.88. The van der Waals surface area contributed by atoms with Crippen LogP contribution in [-0.4, -0.2) is 44.6 Å². The zero-order valence-electron chi connectivity index (χ0n) is 11.8. The van der Waals surface area contributed by atoms with Gasteiger partial charge in [0.1, 0.15) is 5.75 Å². The first-order chi connectivity index (χ1) is 9.81. The fraction of sp³-hybridized carbons (Fsp3) is 0.462. The number of nitrogens with one attached hydrogen (secondary N) is 1. The SMILES string of the molecule is COc1ccc(Cl)cc1NC(=O)CN(C1CC1)S(C)(=O)=O. The number of hydrogen-bond acceptors (Lipinski definition) is 4. The van der Waals surface area contributed by atoms with Crippen molar-refractivity contribution in [2.75, 3.05) is 25.2 Å². The summed E-state index contributed by atoms with van der Waals surface area (Å²) in [6, 6.07) is 4.77. The molecule has 0 aromatic heterocycles. The minimum absolute atomic E-state index is 0.0630. The molecule has 0 unspecified atom stereocenters. The van der Waals surface area contributed by atoms with Gasteiger partial charge in [0.25, 0.3) is 0 Å². The highest BCUT2D eigenvalue weighted by atomic mass is 35.5. The van der Waals surface area contributed by atoms with Gasteiger partial charge in [-0.25, -0.2) is 8.42 Å². The lowest BCUT2D eigenvalue weighted by Crippen LogP contribution is -2.38. The Morgan fingerprint density at radius 2 is 2.14 bits per heavy atom. The van der Waals surface area contributed by atoms with Crippen LogP contribution in [0.4, 0.5) is 5.69 Å². The minimum Gasteiger partial charge on any atom is -0.495 e. The molecule has 1 aromatic carbocycles. The molecule has 0 heterocycles. The average Bonchev–Trinajstić information content (AvgIpc) is 3.19. The third-order valence-corrected chi connectivity index (χ3v) is 4.63. The van der Waals surface area contributed by atoms with Crippen molar-refractivity contribution in [3.63, 3.8) is 0 Å². The van der Waals surface area contributed by atoms with Crippen LogP contribution in [0.5, 0.6) is 5.75 Å². The lowest BCUT2D eigenvalue weighted by molar-refractivity contribution is -0.116. The van der Waals surface area contributed by atoms with Gasteiger partial charge in [-0.3, -0.25) is 4.79 Å². The topological polar surface area (TPSA) is 75.7 Å². The van der Waals surface area contributed by atoms with Gasteiger partial charge < -0.3 is 10.1 Å². The van der Waals surface area contributed by atoms with E-state index in [9.17, 15) is 13.2 Å². The molecule has 1 amide bonds. The van der Waals surface area contributed by atoms with E-state index in [1.54, 1.807) is 18.2 Å². The number of anilines is 1. The van der Waals surface area contributed by atoms with Crippen LogP contribution in [-0.2, 0) is 14.8 Å². The number of sulfonamides is 1. The van der Waals surface area contributed by atoms with Gasteiger partial charge in [0, 0.05) is 11.1 Å². The fourth-order valence-electron chi connectivity index (χ4n) is 1.99. The predicted molar refractivity (Wildman–Crippen MR) is 81.2 cm³/mol. The summed E-state index contributed by atoms with van der Waals surface area (Å²) in [7, 11) is -1.92. The molecule has 1 aliphatic rings. The van der Waals surface area contributed by atoms with Crippen LogP contribution in [0.25, 0.3) is 0 Å². The molecular weight excluding hydrogens is 316 g/mol. The van der Waals surface area contributed by atoms with Gasteiger partial charge >= 0.3 is 0 Å². The molecule has 21 heavy (non-hydrogen) atoms. The molecule has 1 saturated carbocycles. The molecule has 0 radical (unpaired) electrons. The monoisotopic (exact) mass is 332 g/mol. The molecule has 0 spiro atoms. The van der Waals surface area contributed by atoms with Crippen molar-refractivity contribution < 1.29 is 17.9 Å². The molecule has 1 N–H and O–H groups in total. The van der Waals surface area contributed by atoms with Crippen LogP contribution in [0, 0.1) is 0 Å². The highest BCUT2D eigenvalue weighted by Gasteiger charge is 2.36. The third kappa shape index (κ3) is 4.33. The zero-order valence-corrected chi connectivity index (χ0v) is 13.4. The number of amides is 1. The number of methoxy groups -OCH3 is 1. The number of hydrogen-bond donors (Lipinski definition) is 1. The Morgan fingerprint density at radius 3 is 2.67 bits per heavy atom. The second-order valence-corrected chi connectivity index (χ2v) is 7.30. The lowest BCUT2D eigenvalue weighted by Gasteiger charge is -2.19. The Bertz CT molecular complexity index is 644. The fourth-order valence-corrected chi connectivity index (χ4v) is 3.27. The minimum atomic E-state index is -3.40. The molecule has 1 aliphatic carbocycles. The van der Waals surface area contributed by atoms with Crippen LogP contribution in [0.3, 0.4) is 0 Å². The number of nitrogens with zero attached hydrogens (tertiary/aromatic N) is 1. The zero-order chi connectivity index (χ0) is 15.6. The predicted octanol–water partition coefficient (Wildman–Crippen LogP) is 1.71. The van der Waals surface area contributed by atoms with Gasteiger partial charge in [0.15, 0.2) is 0 Å². The maximum Gasteiger partial charge on any atom is 0.239 e. The first-order valence-electron chi connectivity index (χ1n) is 6.41.